The first-order chi connectivity index (χ1) is 3.97. The largest absolute Gasteiger partial charge is 0.0678 e. The van der Waals surface area contributed by atoms with Crippen molar-refractivity contribution in [2.45, 2.75) is 0 Å². The summed E-state index contributed by atoms with van der Waals surface area (Å²) in [5, 5.41) is 1.47. The molecule has 0 unspecified atom stereocenters. The van der Waals surface area contributed by atoms with E-state index in [1.165, 1.54) is 19.1 Å². The molecule has 1 aromatic rings. The minimum absolute atomic E-state index is 1.36. The quantitative estimate of drug-likeness (QED) is 0.501. The standard InChI is InChI=1S/C7H5P/c1-2-6-3-4-7(6)8-5-1/h1-5H. The van der Waals surface area contributed by atoms with Gasteiger partial charge in [0, 0.05) is 5.30 Å². The highest BCUT2D eigenvalue weighted by atomic mass is 31.0. The van der Waals surface area contributed by atoms with Gasteiger partial charge >= 0.3 is 0 Å². The summed E-state index contributed by atoms with van der Waals surface area (Å²) in [6.45, 7) is 0. The fourth-order valence-corrected chi connectivity index (χ4v) is 1.57. The van der Waals surface area contributed by atoms with E-state index in [0.717, 1.165) is 0 Å². The van der Waals surface area contributed by atoms with Gasteiger partial charge in [0.2, 0.25) is 0 Å². The lowest BCUT2D eigenvalue weighted by molar-refractivity contribution is 1.72. The van der Waals surface area contributed by atoms with Crippen LogP contribution in [0.15, 0.2) is 17.9 Å². The Balaban J connectivity index is 2.69. The van der Waals surface area contributed by atoms with Gasteiger partial charge in [0.05, 0.1) is 0 Å². The van der Waals surface area contributed by atoms with Crippen molar-refractivity contribution in [3.8, 4) is 0 Å². The molecule has 0 atom stereocenters. The third kappa shape index (κ3) is 0.439. The molecule has 0 saturated carbocycles. The first-order valence-electron chi connectivity index (χ1n) is 2.60. The van der Waals surface area contributed by atoms with Gasteiger partial charge in [-0.15, -0.1) is 0 Å². The monoisotopic (exact) mass is 120 g/mol. The second-order valence-corrected chi connectivity index (χ2v) is 2.85. The van der Waals surface area contributed by atoms with Gasteiger partial charge in [-0.05, 0) is 17.4 Å². The summed E-state index contributed by atoms with van der Waals surface area (Å²) < 4.78 is 0. The summed E-state index contributed by atoms with van der Waals surface area (Å²) in [7, 11) is 1.36. The van der Waals surface area contributed by atoms with Crippen molar-refractivity contribution < 1.29 is 0 Å². The van der Waals surface area contributed by atoms with Crippen LogP contribution >= 0.6 is 8.19 Å². The highest BCUT2D eigenvalue weighted by Crippen LogP contribution is 2.29. The van der Waals surface area contributed by atoms with Crippen molar-refractivity contribution in [3.63, 3.8) is 0 Å². The molecule has 0 fully saturated rings. The molecule has 0 radical (unpaired) electrons. The Morgan fingerprint density at radius 3 is 2.62 bits per heavy atom. The van der Waals surface area contributed by atoms with Crippen LogP contribution in [0.3, 0.4) is 0 Å². The second kappa shape index (κ2) is 1.43. The minimum atomic E-state index is 1.36. The van der Waals surface area contributed by atoms with Crippen LogP contribution < -0.4 is 0 Å². The average Bonchev–Trinajstić information content (AvgIpc) is 1.72. The number of hydrogen-bond donors (Lipinski definition) is 0. The molecule has 1 aromatic heterocycles. The van der Waals surface area contributed by atoms with Crippen LogP contribution in [-0.4, -0.2) is 0 Å². The van der Waals surface area contributed by atoms with Crippen LogP contribution in [0.2, 0.25) is 0 Å². The molecule has 38 valence electrons. The number of fused-ring (bicyclic) bond motifs is 1. The Morgan fingerprint density at radius 1 is 1.25 bits per heavy atom. The lowest BCUT2D eigenvalue weighted by Crippen LogP contribution is -1.81. The molecule has 0 bridgehead atoms. The van der Waals surface area contributed by atoms with Gasteiger partial charge in [0.25, 0.3) is 0 Å². The Bertz CT molecular complexity index is 213. The van der Waals surface area contributed by atoms with Crippen molar-refractivity contribution in [2.24, 2.45) is 0 Å². The van der Waals surface area contributed by atoms with E-state index in [4.69, 9.17) is 0 Å². The molecule has 8 heavy (non-hydrogen) atoms. The highest BCUT2D eigenvalue weighted by molar-refractivity contribution is 7.31. The molecule has 1 heteroatoms. The molecule has 0 amide bonds. The van der Waals surface area contributed by atoms with Crippen LogP contribution in [0.5, 0.6) is 0 Å². The maximum Gasteiger partial charge on any atom is 0.00904 e. The van der Waals surface area contributed by atoms with Crippen LogP contribution in [0.1, 0.15) is 10.9 Å². The van der Waals surface area contributed by atoms with E-state index in [9.17, 15) is 0 Å². The van der Waals surface area contributed by atoms with Gasteiger partial charge < -0.3 is 0 Å². The van der Waals surface area contributed by atoms with E-state index < -0.39 is 0 Å². The van der Waals surface area contributed by atoms with Gasteiger partial charge in [-0.2, -0.15) is 0 Å². The van der Waals surface area contributed by atoms with E-state index >= 15 is 0 Å². The van der Waals surface area contributed by atoms with Crippen molar-refractivity contribution in [1.29, 1.82) is 0 Å². The fourth-order valence-electron chi connectivity index (χ4n) is 0.783. The molecule has 0 saturated heterocycles. The van der Waals surface area contributed by atoms with E-state index in [1.54, 1.807) is 0 Å². The predicted molar refractivity (Wildman–Crippen MR) is 37.9 cm³/mol. The Hall–Kier alpha value is -0.610. The van der Waals surface area contributed by atoms with Gasteiger partial charge in [-0.25, -0.2) is 0 Å². The Labute approximate surface area is 50.0 Å². The first kappa shape index (κ1) is 4.29. The van der Waals surface area contributed by atoms with E-state index in [0.29, 0.717) is 0 Å². The molecule has 2 rings (SSSR count). The van der Waals surface area contributed by atoms with Gasteiger partial charge in [0.1, 0.15) is 0 Å². The molecule has 0 spiro atoms. The van der Waals surface area contributed by atoms with Crippen LogP contribution in [0, 0.1) is 0 Å². The smallest absolute Gasteiger partial charge is 0.00904 e. The van der Waals surface area contributed by atoms with Crippen LogP contribution in [0.4, 0.5) is 0 Å². The normalized spacial score (nSPS) is 13.5. The summed E-state index contributed by atoms with van der Waals surface area (Å²) in [5.74, 6) is 2.16. The molecule has 0 aromatic carbocycles. The van der Waals surface area contributed by atoms with E-state index in [2.05, 4.69) is 30.1 Å². The van der Waals surface area contributed by atoms with Crippen molar-refractivity contribution in [3.05, 3.63) is 28.8 Å². The molecular formula is C7H5P. The highest BCUT2D eigenvalue weighted by Gasteiger charge is 2.00. The zero-order valence-corrected chi connectivity index (χ0v) is 5.23. The Morgan fingerprint density at radius 2 is 2.25 bits per heavy atom. The molecule has 1 aliphatic carbocycles. The minimum Gasteiger partial charge on any atom is -0.0678 e. The van der Waals surface area contributed by atoms with Crippen molar-refractivity contribution in [2.75, 3.05) is 0 Å². The third-order valence-corrected chi connectivity index (χ3v) is 2.30. The van der Waals surface area contributed by atoms with Crippen LogP contribution in [0.25, 0.3) is 12.2 Å². The molecule has 1 heterocycles. The number of hydrogen-bond acceptors (Lipinski definition) is 0. The molecule has 0 nitrogen and oxygen atoms in total. The third-order valence-electron chi connectivity index (χ3n) is 1.29. The van der Waals surface area contributed by atoms with Crippen molar-refractivity contribution in [1.82, 2.24) is 0 Å². The molecular weight excluding hydrogens is 115 g/mol. The van der Waals surface area contributed by atoms with Gasteiger partial charge in [-0.3, -0.25) is 0 Å². The second-order valence-electron chi connectivity index (χ2n) is 1.81. The van der Waals surface area contributed by atoms with E-state index in [1.807, 2.05) is 0 Å². The lowest BCUT2D eigenvalue weighted by atomic mass is 10.1. The predicted octanol–water partition coefficient (Wildman–Crippen LogP) is 2.75. The first-order valence-corrected chi connectivity index (χ1v) is 3.56. The summed E-state index contributed by atoms with van der Waals surface area (Å²) in [4.78, 5) is 0. The summed E-state index contributed by atoms with van der Waals surface area (Å²) in [6.07, 6.45) is 4.31. The SMILES string of the molecule is C1=Cc2pcccc21. The van der Waals surface area contributed by atoms with Crippen molar-refractivity contribution >= 4 is 20.3 Å². The fraction of sp³-hybridized carbons (Fsp3) is 0. The van der Waals surface area contributed by atoms with Crippen LogP contribution in [-0.2, 0) is 0 Å². The number of rotatable bonds is 0. The maximum atomic E-state index is 2.16. The zero-order valence-electron chi connectivity index (χ0n) is 4.33. The lowest BCUT2D eigenvalue weighted by Gasteiger charge is -2.05. The van der Waals surface area contributed by atoms with E-state index in [-0.39, 0.29) is 0 Å². The van der Waals surface area contributed by atoms with Gasteiger partial charge in [0.15, 0.2) is 0 Å². The Kier molecular flexibility index (Phi) is 0.767. The summed E-state index contributed by atoms with van der Waals surface area (Å²) in [5.41, 5.74) is 1.41. The molecule has 1 aliphatic rings. The average molecular weight is 120 g/mol. The molecule has 0 N–H and O–H groups in total. The van der Waals surface area contributed by atoms with Gasteiger partial charge in [-0.1, -0.05) is 26.4 Å². The maximum absolute atomic E-state index is 2.16. The summed E-state index contributed by atoms with van der Waals surface area (Å²) >= 11 is 0. The zero-order chi connectivity index (χ0) is 5.40. The summed E-state index contributed by atoms with van der Waals surface area (Å²) in [6, 6.07) is 4.25. The molecule has 0 aliphatic heterocycles. The topological polar surface area (TPSA) is 0 Å².